The molecule has 0 aliphatic rings. The summed E-state index contributed by atoms with van der Waals surface area (Å²) >= 11 is 0. The Labute approximate surface area is 613 Å². The number of rotatable bonds is 80. The SMILES string of the molecule is CCCCCCCCCCCCCCCCCCC(=O)OC[C@H](COP(=O)(O)OC[C@@H](O)COP(=O)(O)OC[C@@H](COC(=O)CCCCCCCCCCCCCC)OC(=O)CCCCCCCCCCCCC(C)C)OC(=O)CCCCCCCCCCCCCCCCCCC(C)C. The van der Waals surface area contributed by atoms with Crippen LogP contribution >= 0.6 is 15.6 Å². The third-order valence-corrected chi connectivity index (χ3v) is 20.9. The molecule has 100 heavy (non-hydrogen) atoms. The summed E-state index contributed by atoms with van der Waals surface area (Å²) in [5.74, 6) is -0.545. The van der Waals surface area contributed by atoms with Gasteiger partial charge in [0.25, 0.3) is 0 Å². The maximum Gasteiger partial charge on any atom is 0.472 e. The summed E-state index contributed by atoms with van der Waals surface area (Å²) in [5.41, 5.74) is 0. The van der Waals surface area contributed by atoms with E-state index in [1.54, 1.807) is 0 Å². The van der Waals surface area contributed by atoms with Crippen molar-refractivity contribution in [1.29, 1.82) is 0 Å². The van der Waals surface area contributed by atoms with Crippen molar-refractivity contribution >= 4 is 39.5 Å². The zero-order chi connectivity index (χ0) is 73.5. The van der Waals surface area contributed by atoms with Gasteiger partial charge in [-0.05, 0) is 37.5 Å². The molecule has 0 aromatic heterocycles. The second-order valence-corrected chi connectivity index (χ2v) is 33.0. The zero-order valence-corrected chi connectivity index (χ0v) is 67.3. The Morgan fingerprint density at radius 2 is 0.460 bits per heavy atom. The molecule has 0 aromatic carbocycles. The maximum absolute atomic E-state index is 13.1. The second kappa shape index (κ2) is 72.6. The summed E-state index contributed by atoms with van der Waals surface area (Å²) < 4.78 is 68.7. The molecule has 0 aromatic rings. The van der Waals surface area contributed by atoms with Gasteiger partial charge in [-0.3, -0.25) is 37.3 Å². The van der Waals surface area contributed by atoms with Gasteiger partial charge in [0.2, 0.25) is 0 Å². The molecule has 2 unspecified atom stereocenters. The Morgan fingerprint density at radius 1 is 0.270 bits per heavy atom. The minimum absolute atomic E-state index is 0.107. The Balaban J connectivity index is 5.25. The summed E-state index contributed by atoms with van der Waals surface area (Å²) in [7, 11) is -9.92. The van der Waals surface area contributed by atoms with Crippen LogP contribution in [0.15, 0.2) is 0 Å². The predicted molar refractivity (Wildman–Crippen MR) is 409 cm³/mol. The predicted octanol–water partition coefficient (Wildman–Crippen LogP) is 24.3. The number of carbonyl (C=O) groups is 4. The van der Waals surface area contributed by atoms with Gasteiger partial charge in [0.15, 0.2) is 12.2 Å². The lowest BCUT2D eigenvalue weighted by Crippen LogP contribution is -2.30. The fourth-order valence-corrected chi connectivity index (χ4v) is 14.1. The molecule has 0 fully saturated rings. The van der Waals surface area contributed by atoms with Crippen molar-refractivity contribution < 1.29 is 80.2 Å². The first-order valence-corrected chi connectivity index (χ1v) is 45.0. The Bertz CT molecular complexity index is 1920. The third-order valence-electron chi connectivity index (χ3n) is 19.0. The van der Waals surface area contributed by atoms with Crippen LogP contribution in [0.4, 0.5) is 0 Å². The molecule has 0 radical (unpaired) electrons. The van der Waals surface area contributed by atoms with Crippen molar-refractivity contribution in [2.24, 2.45) is 11.8 Å². The van der Waals surface area contributed by atoms with E-state index >= 15 is 0 Å². The van der Waals surface area contributed by atoms with Crippen LogP contribution in [-0.2, 0) is 65.4 Å². The van der Waals surface area contributed by atoms with E-state index < -0.39 is 97.5 Å². The van der Waals surface area contributed by atoms with E-state index in [9.17, 15) is 43.2 Å². The topological polar surface area (TPSA) is 237 Å². The first-order chi connectivity index (χ1) is 48.4. The first kappa shape index (κ1) is 98.1. The molecule has 3 N–H and O–H groups in total. The van der Waals surface area contributed by atoms with E-state index in [1.807, 2.05) is 0 Å². The van der Waals surface area contributed by atoms with Crippen molar-refractivity contribution in [1.82, 2.24) is 0 Å². The van der Waals surface area contributed by atoms with Crippen molar-refractivity contribution in [3.8, 4) is 0 Å². The fraction of sp³-hybridized carbons (Fsp3) is 0.951. The fourth-order valence-electron chi connectivity index (χ4n) is 12.5. The van der Waals surface area contributed by atoms with Gasteiger partial charge in [-0.1, -0.05) is 375 Å². The molecule has 0 aliphatic heterocycles. The molecule has 0 saturated carbocycles. The molecule has 0 spiro atoms. The number of phosphoric ester groups is 2. The standard InChI is InChI=1S/C81H158O17P2/c1-7-9-11-13-15-17-19-21-22-26-29-33-40-46-52-58-64-79(84)92-69-76(97-80(85)65-59-53-47-41-34-30-27-24-23-25-28-31-37-43-49-55-61-73(3)4)71-95-99(87,88)93-67-75(82)68-94-100(89,90)96-72-77(70-91-78(83)63-57-51-45-39-32-20-18-16-14-12-10-8-2)98-81(86)66-60-54-48-42-36-35-38-44-50-56-62-74(5)6/h73-77,82H,7-72H2,1-6H3,(H,87,88)(H,89,90)/t75-,76-,77-/m1/s1. The second-order valence-electron chi connectivity index (χ2n) is 30.1. The summed E-state index contributed by atoms with van der Waals surface area (Å²) in [6.07, 6.45) is 62.3. The number of ether oxygens (including phenoxy) is 4. The third kappa shape index (κ3) is 74.3. The minimum atomic E-state index is -4.96. The summed E-state index contributed by atoms with van der Waals surface area (Å²) in [6, 6.07) is 0. The van der Waals surface area contributed by atoms with Gasteiger partial charge < -0.3 is 33.8 Å². The normalized spacial score (nSPS) is 13.9. The molecule has 0 heterocycles. The summed E-state index contributed by atoms with van der Waals surface area (Å²) in [6.45, 7) is 9.66. The van der Waals surface area contributed by atoms with Crippen LogP contribution in [0.2, 0.25) is 0 Å². The largest absolute Gasteiger partial charge is 0.472 e. The Morgan fingerprint density at radius 3 is 0.680 bits per heavy atom. The molecule has 0 saturated heterocycles. The molecule has 17 nitrogen and oxygen atoms in total. The highest BCUT2D eigenvalue weighted by Crippen LogP contribution is 2.45. The van der Waals surface area contributed by atoms with Gasteiger partial charge in [-0.15, -0.1) is 0 Å². The number of aliphatic hydroxyl groups is 1. The molecule has 19 heteroatoms. The average molecular weight is 1470 g/mol. The van der Waals surface area contributed by atoms with Crippen molar-refractivity contribution in [2.45, 2.75) is 445 Å². The van der Waals surface area contributed by atoms with Gasteiger partial charge in [0.05, 0.1) is 26.4 Å². The van der Waals surface area contributed by atoms with Gasteiger partial charge in [-0.25, -0.2) is 9.13 Å². The lowest BCUT2D eigenvalue weighted by molar-refractivity contribution is -0.161. The number of carbonyl (C=O) groups excluding carboxylic acids is 4. The number of esters is 4. The Kier molecular flexibility index (Phi) is 71.2. The minimum Gasteiger partial charge on any atom is -0.462 e. The highest BCUT2D eigenvalue weighted by Gasteiger charge is 2.30. The van der Waals surface area contributed by atoms with Crippen LogP contribution in [0.1, 0.15) is 427 Å². The number of hydrogen-bond acceptors (Lipinski definition) is 15. The van der Waals surface area contributed by atoms with E-state index in [-0.39, 0.29) is 25.7 Å². The monoisotopic (exact) mass is 1470 g/mol. The number of hydrogen-bond donors (Lipinski definition) is 3. The van der Waals surface area contributed by atoms with Crippen LogP contribution in [-0.4, -0.2) is 96.7 Å². The van der Waals surface area contributed by atoms with Crippen LogP contribution in [0, 0.1) is 11.8 Å². The zero-order valence-electron chi connectivity index (χ0n) is 65.5. The van der Waals surface area contributed by atoms with Gasteiger partial charge in [-0.2, -0.15) is 0 Å². The average Bonchev–Trinajstić information content (AvgIpc) is 0.982. The molecular formula is C81H158O17P2. The first-order valence-electron chi connectivity index (χ1n) is 42.0. The van der Waals surface area contributed by atoms with Crippen LogP contribution in [0.5, 0.6) is 0 Å². The van der Waals surface area contributed by atoms with Crippen molar-refractivity contribution in [2.75, 3.05) is 39.6 Å². The molecule has 0 amide bonds. The number of phosphoric acid groups is 2. The van der Waals surface area contributed by atoms with Gasteiger partial charge in [0, 0.05) is 25.7 Å². The number of aliphatic hydroxyl groups excluding tert-OH is 1. The van der Waals surface area contributed by atoms with Crippen LogP contribution < -0.4 is 0 Å². The highest BCUT2D eigenvalue weighted by molar-refractivity contribution is 7.47. The van der Waals surface area contributed by atoms with Gasteiger partial charge >= 0.3 is 39.5 Å². The van der Waals surface area contributed by atoms with E-state index in [2.05, 4.69) is 41.5 Å². The van der Waals surface area contributed by atoms with E-state index in [0.717, 1.165) is 102 Å². The number of unbranched alkanes of at least 4 members (excludes halogenated alkanes) is 50. The molecule has 5 atom stereocenters. The summed E-state index contributed by atoms with van der Waals surface area (Å²) in [4.78, 5) is 73.0. The van der Waals surface area contributed by atoms with E-state index in [4.69, 9.17) is 37.0 Å². The van der Waals surface area contributed by atoms with E-state index in [0.29, 0.717) is 25.7 Å². The Hall–Kier alpha value is -1.94. The quantitative estimate of drug-likeness (QED) is 0.0222. The van der Waals surface area contributed by atoms with Crippen LogP contribution in [0.25, 0.3) is 0 Å². The molecule has 0 rings (SSSR count). The summed E-state index contributed by atoms with van der Waals surface area (Å²) in [5, 5.41) is 10.6. The van der Waals surface area contributed by atoms with Crippen molar-refractivity contribution in [3.63, 3.8) is 0 Å². The smallest absolute Gasteiger partial charge is 0.462 e. The maximum atomic E-state index is 13.1. The molecule has 0 aliphatic carbocycles. The molecule has 594 valence electrons. The molecular weight excluding hydrogens is 1310 g/mol. The molecule has 0 bridgehead atoms. The van der Waals surface area contributed by atoms with Crippen molar-refractivity contribution in [3.05, 3.63) is 0 Å². The lowest BCUT2D eigenvalue weighted by atomic mass is 10.0. The van der Waals surface area contributed by atoms with Gasteiger partial charge in [0.1, 0.15) is 19.3 Å². The lowest BCUT2D eigenvalue weighted by Gasteiger charge is -2.21. The van der Waals surface area contributed by atoms with Crippen LogP contribution in [0.3, 0.4) is 0 Å². The highest BCUT2D eigenvalue weighted by atomic mass is 31.2. The van der Waals surface area contributed by atoms with E-state index in [1.165, 1.54) is 244 Å².